The molecule has 0 aliphatic carbocycles. The van der Waals surface area contributed by atoms with E-state index in [2.05, 4.69) is 0 Å². The SMILES string of the molecule is NC(=O)CCN(Cc1ccccc1)C(=O)c1ccccc1Cl. The van der Waals surface area contributed by atoms with E-state index in [1.54, 1.807) is 29.2 Å². The number of benzene rings is 2. The van der Waals surface area contributed by atoms with Gasteiger partial charge in [-0.1, -0.05) is 54.1 Å². The van der Waals surface area contributed by atoms with Gasteiger partial charge in [-0.3, -0.25) is 9.59 Å². The normalized spacial score (nSPS) is 10.2. The van der Waals surface area contributed by atoms with E-state index >= 15 is 0 Å². The zero-order valence-corrected chi connectivity index (χ0v) is 12.8. The Morgan fingerprint density at radius 3 is 2.27 bits per heavy atom. The topological polar surface area (TPSA) is 63.4 Å². The van der Waals surface area contributed by atoms with Crippen LogP contribution in [0.15, 0.2) is 54.6 Å². The Kier molecular flexibility index (Phi) is 5.55. The zero-order valence-electron chi connectivity index (χ0n) is 12.0. The van der Waals surface area contributed by atoms with Crippen LogP contribution in [-0.4, -0.2) is 23.3 Å². The first kappa shape index (κ1) is 16.0. The summed E-state index contributed by atoms with van der Waals surface area (Å²) in [5.41, 5.74) is 6.60. The summed E-state index contributed by atoms with van der Waals surface area (Å²) in [6.45, 7) is 0.659. The van der Waals surface area contributed by atoms with Gasteiger partial charge in [0.2, 0.25) is 5.91 Å². The molecule has 0 aliphatic heterocycles. The van der Waals surface area contributed by atoms with Crippen molar-refractivity contribution in [2.75, 3.05) is 6.54 Å². The average Bonchev–Trinajstić information content (AvgIpc) is 2.52. The number of hydrogen-bond donors (Lipinski definition) is 1. The standard InChI is InChI=1S/C17H17ClN2O2/c18-15-9-5-4-8-14(15)17(22)20(11-10-16(19)21)12-13-6-2-1-3-7-13/h1-9H,10-12H2,(H2,19,21). The second kappa shape index (κ2) is 7.61. The summed E-state index contributed by atoms with van der Waals surface area (Å²) >= 11 is 6.09. The number of hydrogen-bond acceptors (Lipinski definition) is 2. The van der Waals surface area contributed by atoms with Crippen molar-refractivity contribution in [2.45, 2.75) is 13.0 Å². The van der Waals surface area contributed by atoms with Gasteiger partial charge >= 0.3 is 0 Å². The molecule has 0 aromatic heterocycles. The van der Waals surface area contributed by atoms with Crippen LogP contribution >= 0.6 is 11.6 Å². The Hall–Kier alpha value is -2.33. The molecule has 0 saturated carbocycles. The fraction of sp³-hybridized carbons (Fsp3) is 0.176. The molecule has 2 rings (SSSR count). The fourth-order valence-corrected chi connectivity index (χ4v) is 2.32. The van der Waals surface area contributed by atoms with Crippen molar-refractivity contribution in [1.82, 2.24) is 4.90 Å². The Balaban J connectivity index is 2.21. The molecule has 114 valence electrons. The predicted octanol–water partition coefficient (Wildman–Crippen LogP) is 2.86. The highest BCUT2D eigenvalue weighted by Gasteiger charge is 2.18. The lowest BCUT2D eigenvalue weighted by atomic mass is 10.1. The van der Waals surface area contributed by atoms with Gasteiger partial charge in [0, 0.05) is 19.5 Å². The van der Waals surface area contributed by atoms with Crippen LogP contribution in [0.2, 0.25) is 5.02 Å². The summed E-state index contributed by atoms with van der Waals surface area (Å²) < 4.78 is 0. The number of carbonyl (C=O) groups is 2. The summed E-state index contributed by atoms with van der Waals surface area (Å²) in [5, 5.41) is 0.393. The van der Waals surface area contributed by atoms with Crippen molar-refractivity contribution < 1.29 is 9.59 Å². The summed E-state index contributed by atoms with van der Waals surface area (Å²) in [4.78, 5) is 25.3. The highest BCUT2D eigenvalue weighted by molar-refractivity contribution is 6.33. The minimum Gasteiger partial charge on any atom is -0.370 e. The third-order valence-electron chi connectivity index (χ3n) is 3.24. The molecule has 0 aliphatic rings. The molecule has 2 N–H and O–H groups in total. The molecule has 0 bridgehead atoms. The van der Waals surface area contributed by atoms with Crippen LogP contribution in [0, 0.1) is 0 Å². The molecule has 0 saturated heterocycles. The van der Waals surface area contributed by atoms with Gasteiger partial charge in [0.1, 0.15) is 0 Å². The van der Waals surface area contributed by atoms with Crippen molar-refractivity contribution in [3.8, 4) is 0 Å². The zero-order chi connectivity index (χ0) is 15.9. The third-order valence-corrected chi connectivity index (χ3v) is 3.57. The molecule has 4 nitrogen and oxygen atoms in total. The number of primary amides is 1. The number of amides is 2. The Bertz CT molecular complexity index is 659. The first-order chi connectivity index (χ1) is 10.6. The highest BCUT2D eigenvalue weighted by atomic mass is 35.5. The molecular weight excluding hydrogens is 300 g/mol. The Labute approximate surface area is 134 Å². The van der Waals surface area contributed by atoms with Gasteiger partial charge in [0.15, 0.2) is 0 Å². The van der Waals surface area contributed by atoms with Crippen LogP contribution < -0.4 is 5.73 Å². The molecule has 22 heavy (non-hydrogen) atoms. The van der Waals surface area contributed by atoms with E-state index in [1.807, 2.05) is 30.3 Å². The van der Waals surface area contributed by atoms with E-state index in [0.29, 0.717) is 17.1 Å². The maximum absolute atomic E-state index is 12.7. The lowest BCUT2D eigenvalue weighted by molar-refractivity contribution is -0.118. The largest absolute Gasteiger partial charge is 0.370 e. The van der Waals surface area contributed by atoms with Gasteiger partial charge in [0.25, 0.3) is 5.91 Å². The lowest BCUT2D eigenvalue weighted by Gasteiger charge is -2.23. The first-order valence-corrected chi connectivity index (χ1v) is 7.32. The van der Waals surface area contributed by atoms with Crippen molar-refractivity contribution in [3.05, 3.63) is 70.7 Å². The van der Waals surface area contributed by atoms with Gasteiger partial charge in [0.05, 0.1) is 10.6 Å². The van der Waals surface area contributed by atoms with Crippen molar-refractivity contribution in [3.63, 3.8) is 0 Å². The molecule has 0 heterocycles. The quantitative estimate of drug-likeness (QED) is 0.890. The number of nitrogens with two attached hydrogens (primary N) is 1. The van der Waals surface area contributed by atoms with Gasteiger partial charge in [-0.05, 0) is 17.7 Å². The number of rotatable bonds is 6. The van der Waals surface area contributed by atoms with Gasteiger partial charge in [-0.15, -0.1) is 0 Å². The summed E-state index contributed by atoms with van der Waals surface area (Å²) in [5.74, 6) is -0.652. The Morgan fingerprint density at radius 2 is 1.64 bits per heavy atom. The van der Waals surface area contributed by atoms with Crippen molar-refractivity contribution in [2.24, 2.45) is 5.73 Å². The summed E-state index contributed by atoms with van der Waals surface area (Å²) in [6, 6.07) is 16.4. The fourth-order valence-electron chi connectivity index (χ4n) is 2.11. The summed E-state index contributed by atoms with van der Waals surface area (Å²) in [6.07, 6.45) is 0.114. The van der Waals surface area contributed by atoms with E-state index in [4.69, 9.17) is 17.3 Å². The second-order valence-corrected chi connectivity index (χ2v) is 5.32. The smallest absolute Gasteiger partial charge is 0.255 e. The molecule has 0 fully saturated rings. The lowest BCUT2D eigenvalue weighted by Crippen LogP contribution is -2.33. The minimum absolute atomic E-state index is 0.114. The van der Waals surface area contributed by atoms with E-state index in [1.165, 1.54) is 0 Å². The molecule has 0 atom stereocenters. The molecule has 0 unspecified atom stereocenters. The van der Waals surface area contributed by atoms with E-state index in [-0.39, 0.29) is 18.9 Å². The van der Waals surface area contributed by atoms with Crippen LogP contribution in [0.25, 0.3) is 0 Å². The summed E-state index contributed by atoms with van der Waals surface area (Å²) in [7, 11) is 0. The van der Waals surface area contributed by atoms with E-state index in [0.717, 1.165) is 5.56 Å². The molecule has 2 aromatic rings. The van der Waals surface area contributed by atoms with Gasteiger partial charge < -0.3 is 10.6 Å². The molecule has 2 aromatic carbocycles. The first-order valence-electron chi connectivity index (χ1n) is 6.94. The monoisotopic (exact) mass is 316 g/mol. The predicted molar refractivity (Wildman–Crippen MR) is 86.4 cm³/mol. The van der Waals surface area contributed by atoms with E-state index in [9.17, 15) is 9.59 Å². The number of nitrogens with zero attached hydrogens (tertiary/aromatic N) is 1. The molecular formula is C17H17ClN2O2. The van der Waals surface area contributed by atoms with E-state index < -0.39 is 5.91 Å². The van der Waals surface area contributed by atoms with Crippen molar-refractivity contribution >= 4 is 23.4 Å². The number of halogens is 1. The molecule has 5 heteroatoms. The maximum Gasteiger partial charge on any atom is 0.255 e. The van der Waals surface area contributed by atoms with Gasteiger partial charge in [-0.2, -0.15) is 0 Å². The van der Waals surface area contributed by atoms with Crippen LogP contribution in [0.3, 0.4) is 0 Å². The van der Waals surface area contributed by atoms with Crippen LogP contribution in [-0.2, 0) is 11.3 Å². The van der Waals surface area contributed by atoms with Gasteiger partial charge in [-0.25, -0.2) is 0 Å². The number of carbonyl (C=O) groups excluding carboxylic acids is 2. The van der Waals surface area contributed by atoms with Crippen LogP contribution in [0.1, 0.15) is 22.3 Å². The average molecular weight is 317 g/mol. The molecule has 0 spiro atoms. The minimum atomic E-state index is -0.440. The third kappa shape index (κ3) is 4.33. The molecule has 2 amide bonds. The Morgan fingerprint density at radius 1 is 1.00 bits per heavy atom. The van der Waals surface area contributed by atoms with Crippen LogP contribution in [0.4, 0.5) is 0 Å². The van der Waals surface area contributed by atoms with Crippen molar-refractivity contribution in [1.29, 1.82) is 0 Å². The second-order valence-electron chi connectivity index (χ2n) is 4.91. The highest BCUT2D eigenvalue weighted by Crippen LogP contribution is 2.18. The van der Waals surface area contributed by atoms with Crippen LogP contribution in [0.5, 0.6) is 0 Å². The molecule has 0 radical (unpaired) electrons. The maximum atomic E-state index is 12.7.